The van der Waals surface area contributed by atoms with E-state index in [0.717, 1.165) is 22.9 Å². The largest absolute Gasteiger partial charge is 0.507 e. The quantitative estimate of drug-likeness (QED) is 0.562. The molecule has 1 saturated heterocycles. The van der Waals surface area contributed by atoms with Crippen molar-refractivity contribution in [1.29, 1.82) is 0 Å². The molecule has 1 heterocycles. The molecule has 0 saturated carbocycles. The van der Waals surface area contributed by atoms with E-state index in [0.29, 0.717) is 5.56 Å². The van der Waals surface area contributed by atoms with Gasteiger partial charge >= 0.3 is 5.97 Å². The molecule has 3 N–H and O–H groups in total. The van der Waals surface area contributed by atoms with Crippen LogP contribution in [0.15, 0.2) is 22.3 Å². The Morgan fingerprint density at radius 2 is 2.08 bits per heavy atom. The van der Waals surface area contributed by atoms with Crippen LogP contribution < -0.4 is 5.32 Å². The second-order valence-corrected chi connectivity index (χ2v) is 8.01. The van der Waals surface area contributed by atoms with E-state index >= 15 is 0 Å². The number of aliphatic carboxylic acids is 1. The molecule has 1 atom stereocenters. The highest BCUT2D eigenvalue weighted by molar-refractivity contribution is 8.15. The van der Waals surface area contributed by atoms with Crippen molar-refractivity contribution in [1.82, 2.24) is 5.32 Å². The summed E-state index contributed by atoms with van der Waals surface area (Å²) < 4.78 is 0. The molecule has 1 aromatic carbocycles. The molecule has 1 aliphatic heterocycles. The molecule has 1 fully saturated rings. The molecule has 1 aromatic rings. The van der Waals surface area contributed by atoms with Crippen molar-refractivity contribution in [2.45, 2.75) is 44.8 Å². The van der Waals surface area contributed by atoms with Gasteiger partial charge in [0.15, 0.2) is 5.17 Å². The zero-order valence-corrected chi connectivity index (χ0v) is 15.3. The van der Waals surface area contributed by atoms with Crippen molar-refractivity contribution in [2.24, 2.45) is 10.2 Å². The number of aromatic hydroxyl groups is 1. The molecule has 7 nitrogen and oxygen atoms in total. The molecule has 25 heavy (non-hydrogen) atoms. The lowest BCUT2D eigenvalue weighted by Crippen LogP contribution is -2.26. The Kier molecular flexibility index (Phi) is 5.52. The average molecular weight is 363 g/mol. The zero-order chi connectivity index (χ0) is 18.8. The van der Waals surface area contributed by atoms with Crippen LogP contribution in [0, 0.1) is 6.92 Å². The van der Waals surface area contributed by atoms with Crippen LogP contribution in [-0.2, 0) is 15.0 Å². The fourth-order valence-electron chi connectivity index (χ4n) is 2.26. The first kappa shape index (κ1) is 19.0. The maximum atomic E-state index is 11.6. The van der Waals surface area contributed by atoms with E-state index in [2.05, 4.69) is 36.3 Å². The van der Waals surface area contributed by atoms with Crippen LogP contribution in [-0.4, -0.2) is 38.7 Å². The Hall–Kier alpha value is -2.35. The van der Waals surface area contributed by atoms with Crippen LogP contribution in [0.5, 0.6) is 5.75 Å². The van der Waals surface area contributed by atoms with Crippen LogP contribution in [0.4, 0.5) is 0 Å². The highest BCUT2D eigenvalue weighted by atomic mass is 32.2. The number of carboxylic acid groups (broad SMARTS) is 1. The van der Waals surface area contributed by atoms with Crippen molar-refractivity contribution in [3.05, 3.63) is 28.8 Å². The van der Waals surface area contributed by atoms with Crippen LogP contribution in [0.3, 0.4) is 0 Å². The van der Waals surface area contributed by atoms with Gasteiger partial charge in [-0.05, 0) is 29.5 Å². The summed E-state index contributed by atoms with van der Waals surface area (Å²) in [6.45, 7) is 8.07. The van der Waals surface area contributed by atoms with Crippen LogP contribution in [0.25, 0.3) is 0 Å². The van der Waals surface area contributed by atoms with Gasteiger partial charge in [0.05, 0.1) is 12.6 Å². The predicted octanol–water partition coefficient (Wildman–Crippen LogP) is 2.39. The summed E-state index contributed by atoms with van der Waals surface area (Å²) in [6.07, 6.45) is 1.15. The topological polar surface area (TPSA) is 111 Å². The molecular weight excluding hydrogens is 342 g/mol. The van der Waals surface area contributed by atoms with E-state index in [9.17, 15) is 14.7 Å². The van der Waals surface area contributed by atoms with Crippen molar-refractivity contribution in [2.75, 3.05) is 0 Å². The molecule has 0 aromatic heterocycles. The number of phenolic OH excluding ortho intramolecular Hbond substituents is 1. The first-order valence-corrected chi connectivity index (χ1v) is 8.60. The molecule has 0 aliphatic carbocycles. The smallest absolute Gasteiger partial charge is 0.305 e. The first-order valence-electron chi connectivity index (χ1n) is 7.72. The minimum absolute atomic E-state index is 0.0813. The lowest BCUT2D eigenvalue weighted by Gasteiger charge is -2.20. The summed E-state index contributed by atoms with van der Waals surface area (Å²) in [5.41, 5.74) is 2.35. The third kappa shape index (κ3) is 4.82. The van der Waals surface area contributed by atoms with Crippen molar-refractivity contribution < 1.29 is 19.8 Å². The Balaban J connectivity index is 2.15. The van der Waals surface area contributed by atoms with Crippen molar-refractivity contribution in [3.63, 3.8) is 0 Å². The molecule has 1 aliphatic rings. The number of carbonyl (C=O) groups is 2. The number of nitrogens with one attached hydrogen (secondary N) is 1. The van der Waals surface area contributed by atoms with E-state index < -0.39 is 17.1 Å². The maximum Gasteiger partial charge on any atom is 0.305 e. The molecule has 0 radical (unpaired) electrons. The lowest BCUT2D eigenvalue weighted by atomic mass is 9.85. The minimum Gasteiger partial charge on any atom is -0.507 e. The molecule has 8 heteroatoms. The Bertz CT molecular complexity index is 743. The summed E-state index contributed by atoms with van der Waals surface area (Å²) in [5, 5.41) is 28.8. The van der Waals surface area contributed by atoms with E-state index in [1.807, 2.05) is 13.0 Å². The van der Waals surface area contributed by atoms with Gasteiger partial charge in [0, 0.05) is 5.56 Å². The third-order valence-electron chi connectivity index (χ3n) is 3.70. The van der Waals surface area contributed by atoms with E-state index in [1.165, 1.54) is 6.21 Å². The van der Waals surface area contributed by atoms with Gasteiger partial charge in [0.1, 0.15) is 11.0 Å². The summed E-state index contributed by atoms with van der Waals surface area (Å²) in [6, 6.07) is 3.69. The van der Waals surface area contributed by atoms with Crippen LogP contribution in [0.1, 0.15) is 43.9 Å². The van der Waals surface area contributed by atoms with Crippen molar-refractivity contribution in [3.8, 4) is 5.75 Å². The third-order valence-corrected chi connectivity index (χ3v) is 4.78. The number of carbonyl (C=O) groups excluding carboxylic acids is 1. The van der Waals surface area contributed by atoms with E-state index in [4.69, 9.17) is 5.11 Å². The Morgan fingerprint density at radius 3 is 2.64 bits per heavy atom. The van der Waals surface area contributed by atoms with Gasteiger partial charge in [-0.2, -0.15) is 5.10 Å². The molecule has 1 amide bonds. The van der Waals surface area contributed by atoms with Gasteiger partial charge in [-0.15, -0.1) is 5.10 Å². The number of nitrogens with zero attached hydrogens (tertiary/aromatic N) is 2. The molecule has 134 valence electrons. The summed E-state index contributed by atoms with van der Waals surface area (Å²) in [4.78, 5) is 22.3. The predicted molar refractivity (Wildman–Crippen MR) is 98.3 cm³/mol. The van der Waals surface area contributed by atoms with Crippen LogP contribution in [0.2, 0.25) is 0 Å². The summed E-state index contributed by atoms with van der Waals surface area (Å²) in [7, 11) is 0. The number of benzene rings is 1. The fourth-order valence-corrected chi connectivity index (χ4v) is 3.18. The molecule has 2 rings (SSSR count). The number of amidine groups is 1. The average Bonchev–Trinajstić information content (AvgIpc) is 2.80. The Labute approximate surface area is 150 Å². The number of aryl methyl sites for hydroxylation is 1. The second kappa shape index (κ2) is 7.26. The zero-order valence-electron chi connectivity index (χ0n) is 14.5. The highest BCUT2D eigenvalue weighted by Gasteiger charge is 2.32. The fraction of sp³-hybridized carbons (Fsp3) is 0.412. The van der Waals surface area contributed by atoms with Gasteiger partial charge in [-0.1, -0.05) is 38.6 Å². The molecule has 1 unspecified atom stereocenters. The van der Waals surface area contributed by atoms with Gasteiger partial charge in [-0.3, -0.25) is 9.59 Å². The number of amides is 1. The summed E-state index contributed by atoms with van der Waals surface area (Å²) in [5.74, 6) is -1.33. The second-order valence-electron chi connectivity index (χ2n) is 6.82. The monoisotopic (exact) mass is 363 g/mol. The number of hydrogen-bond acceptors (Lipinski definition) is 6. The number of carboxylic acids is 1. The van der Waals surface area contributed by atoms with Crippen molar-refractivity contribution >= 4 is 35.0 Å². The van der Waals surface area contributed by atoms with E-state index in [-0.39, 0.29) is 22.8 Å². The lowest BCUT2D eigenvalue weighted by molar-refractivity contribution is -0.138. The minimum atomic E-state index is -1.04. The first-order chi connectivity index (χ1) is 11.6. The number of rotatable bonds is 4. The standard InChI is InChI=1S/C17H21N3O4S/c1-9-5-10(17(2,3)4)6-12(21)11(9)8-18-20-16-19-15(24)13(25-16)7-14(22)23/h5-6,8,13,21H,7H2,1-4H3,(H,22,23)(H,19,20,24)/b18-8+. The number of thioether (sulfide) groups is 1. The normalized spacial score (nSPS) is 19.6. The molecule has 0 spiro atoms. The molecule has 0 bridgehead atoms. The number of hydrogen-bond donors (Lipinski definition) is 3. The van der Waals surface area contributed by atoms with Gasteiger partial charge in [0.2, 0.25) is 5.91 Å². The summed E-state index contributed by atoms with van der Waals surface area (Å²) >= 11 is 1.03. The van der Waals surface area contributed by atoms with Gasteiger partial charge in [0.25, 0.3) is 0 Å². The number of phenols is 1. The van der Waals surface area contributed by atoms with Gasteiger partial charge < -0.3 is 15.5 Å². The Morgan fingerprint density at radius 1 is 1.40 bits per heavy atom. The highest BCUT2D eigenvalue weighted by Crippen LogP contribution is 2.29. The SMILES string of the molecule is Cc1cc(C(C)(C)C)cc(O)c1/C=N/N=C1\NC(=O)C(CC(=O)O)S1. The maximum absolute atomic E-state index is 11.6. The van der Waals surface area contributed by atoms with E-state index in [1.54, 1.807) is 6.07 Å². The van der Waals surface area contributed by atoms with Gasteiger partial charge in [-0.25, -0.2) is 0 Å². The molecular formula is C17H21N3O4S. The van der Waals surface area contributed by atoms with Crippen LogP contribution >= 0.6 is 11.8 Å².